The fourth-order valence-electron chi connectivity index (χ4n) is 1.59. The van der Waals surface area contributed by atoms with Crippen LogP contribution < -0.4 is 4.74 Å². The standard InChI is InChI=1S/C14H18O3/c1-3-7-11-9-5-6-10-12(11)17-13(8-4-2)14(15)16/h3,5-6,9-10,13H,1,4,7-8H2,2H3,(H,15,16). The molecule has 0 aliphatic carbocycles. The number of aliphatic carboxylic acids is 1. The van der Waals surface area contributed by atoms with E-state index >= 15 is 0 Å². The van der Waals surface area contributed by atoms with E-state index in [-0.39, 0.29) is 0 Å². The quantitative estimate of drug-likeness (QED) is 0.737. The van der Waals surface area contributed by atoms with Gasteiger partial charge in [0.05, 0.1) is 0 Å². The Hall–Kier alpha value is -1.77. The number of ether oxygens (including phenoxy) is 1. The van der Waals surface area contributed by atoms with Crippen LogP contribution in [-0.4, -0.2) is 17.2 Å². The lowest BCUT2D eigenvalue weighted by molar-refractivity contribution is -0.145. The summed E-state index contributed by atoms with van der Waals surface area (Å²) in [6.07, 6.45) is 2.97. The van der Waals surface area contributed by atoms with Crippen molar-refractivity contribution in [1.82, 2.24) is 0 Å². The third kappa shape index (κ3) is 3.94. The fraction of sp³-hybridized carbons (Fsp3) is 0.357. The first kappa shape index (κ1) is 13.3. The highest BCUT2D eigenvalue weighted by atomic mass is 16.5. The number of rotatable bonds is 7. The van der Waals surface area contributed by atoms with E-state index in [2.05, 4.69) is 6.58 Å². The van der Waals surface area contributed by atoms with Gasteiger partial charge in [0.1, 0.15) is 5.75 Å². The van der Waals surface area contributed by atoms with Crippen molar-refractivity contribution in [2.75, 3.05) is 0 Å². The first-order valence-corrected chi connectivity index (χ1v) is 5.77. The minimum Gasteiger partial charge on any atom is -0.479 e. The van der Waals surface area contributed by atoms with Gasteiger partial charge in [0, 0.05) is 0 Å². The van der Waals surface area contributed by atoms with E-state index in [9.17, 15) is 4.79 Å². The summed E-state index contributed by atoms with van der Waals surface area (Å²) < 4.78 is 5.55. The molecule has 1 atom stereocenters. The first-order chi connectivity index (χ1) is 8.19. The van der Waals surface area contributed by atoms with E-state index in [1.54, 1.807) is 12.1 Å². The predicted molar refractivity (Wildman–Crippen MR) is 67.3 cm³/mol. The second-order valence-electron chi connectivity index (χ2n) is 3.83. The van der Waals surface area contributed by atoms with Crippen LogP contribution in [0.3, 0.4) is 0 Å². The Labute approximate surface area is 102 Å². The molecule has 1 unspecified atom stereocenters. The summed E-state index contributed by atoms with van der Waals surface area (Å²) >= 11 is 0. The second-order valence-corrected chi connectivity index (χ2v) is 3.83. The molecule has 1 aromatic rings. The maximum absolute atomic E-state index is 11.0. The van der Waals surface area contributed by atoms with Crippen molar-refractivity contribution in [3.05, 3.63) is 42.5 Å². The molecule has 3 heteroatoms. The average molecular weight is 234 g/mol. The molecule has 1 rings (SSSR count). The highest BCUT2D eigenvalue weighted by molar-refractivity contribution is 5.72. The van der Waals surface area contributed by atoms with Gasteiger partial charge in [-0.05, 0) is 24.5 Å². The number of hydrogen-bond donors (Lipinski definition) is 1. The number of carboxylic acid groups (broad SMARTS) is 1. The minimum absolute atomic E-state index is 0.512. The summed E-state index contributed by atoms with van der Waals surface area (Å²) in [4.78, 5) is 11.0. The molecule has 0 heterocycles. The number of carbonyl (C=O) groups is 1. The molecule has 0 saturated heterocycles. The molecule has 0 bridgehead atoms. The highest BCUT2D eigenvalue weighted by Crippen LogP contribution is 2.21. The molecule has 0 aliphatic rings. The zero-order valence-electron chi connectivity index (χ0n) is 10.1. The minimum atomic E-state index is -0.916. The van der Waals surface area contributed by atoms with Crippen LogP contribution in [0.5, 0.6) is 5.75 Å². The molecule has 0 aromatic heterocycles. The monoisotopic (exact) mass is 234 g/mol. The van der Waals surface area contributed by atoms with Crippen LogP contribution in [0.4, 0.5) is 0 Å². The van der Waals surface area contributed by atoms with Crippen molar-refractivity contribution in [3.8, 4) is 5.75 Å². The summed E-state index contributed by atoms with van der Waals surface area (Å²) in [6, 6.07) is 7.46. The van der Waals surface area contributed by atoms with Gasteiger partial charge in [-0.15, -0.1) is 6.58 Å². The van der Waals surface area contributed by atoms with Gasteiger partial charge in [0.25, 0.3) is 0 Å². The third-order valence-electron chi connectivity index (χ3n) is 2.43. The van der Waals surface area contributed by atoms with Crippen LogP contribution in [0.25, 0.3) is 0 Å². The predicted octanol–water partition coefficient (Wildman–Crippen LogP) is 3.05. The lowest BCUT2D eigenvalue weighted by Gasteiger charge is -2.16. The molecule has 17 heavy (non-hydrogen) atoms. The average Bonchev–Trinajstić information content (AvgIpc) is 2.31. The SMILES string of the molecule is C=CCc1ccccc1OC(CCC)C(=O)O. The molecule has 0 amide bonds. The van der Waals surface area contributed by atoms with E-state index in [1.165, 1.54) is 0 Å². The van der Waals surface area contributed by atoms with Gasteiger partial charge in [-0.2, -0.15) is 0 Å². The van der Waals surface area contributed by atoms with E-state index in [1.807, 2.05) is 25.1 Å². The second kappa shape index (κ2) is 6.74. The molecule has 1 N–H and O–H groups in total. The maximum atomic E-state index is 11.0. The zero-order valence-corrected chi connectivity index (χ0v) is 10.1. The molecule has 0 aliphatic heterocycles. The summed E-state index contributed by atoms with van der Waals surface area (Å²) in [6.45, 7) is 5.62. The van der Waals surface area contributed by atoms with Gasteiger partial charge in [0.15, 0.2) is 6.10 Å². The van der Waals surface area contributed by atoms with Gasteiger partial charge >= 0.3 is 5.97 Å². The van der Waals surface area contributed by atoms with Crippen LogP contribution in [0, 0.1) is 0 Å². The van der Waals surface area contributed by atoms with Crippen molar-refractivity contribution in [2.24, 2.45) is 0 Å². The topological polar surface area (TPSA) is 46.5 Å². The fourth-order valence-corrected chi connectivity index (χ4v) is 1.59. The van der Waals surface area contributed by atoms with Crippen molar-refractivity contribution < 1.29 is 14.6 Å². The molecule has 3 nitrogen and oxygen atoms in total. The van der Waals surface area contributed by atoms with E-state index < -0.39 is 12.1 Å². The Morgan fingerprint density at radius 3 is 2.82 bits per heavy atom. The third-order valence-corrected chi connectivity index (χ3v) is 2.43. The lowest BCUT2D eigenvalue weighted by atomic mass is 10.1. The molecule has 0 fully saturated rings. The largest absolute Gasteiger partial charge is 0.479 e. The van der Waals surface area contributed by atoms with Crippen molar-refractivity contribution in [1.29, 1.82) is 0 Å². The number of para-hydroxylation sites is 1. The Kier molecular flexibility index (Phi) is 5.27. The van der Waals surface area contributed by atoms with Crippen LogP contribution in [-0.2, 0) is 11.2 Å². The molecule has 0 saturated carbocycles. The highest BCUT2D eigenvalue weighted by Gasteiger charge is 2.19. The normalized spacial score (nSPS) is 11.8. The number of allylic oxidation sites excluding steroid dienone is 1. The lowest BCUT2D eigenvalue weighted by Crippen LogP contribution is -2.27. The molecular formula is C14H18O3. The van der Waals surface area contributed by atoms with Gasteiger partial charge in [-0.1, -0.05) is 37.6 Å². The van der Waals surface area contributed by atoms with Crippen molar-refractivity contribution in [3.63, 3.8) is 0 Å². The van der Waals surface area contributed by atoms with Crippen molar-refractivity contribution in [2.45, 2.75) is 32.3 Å². The van der Waals surface area contributed by atoms with E-state index in [0.29, 0.717) is 18.6 Å². The van der Waals surface area contributed by atoms with Crippen LogP contribution >= 0.6 is 0 Å². The van der Waals surface area contributed by atoms with Crippen LogP contribution in [0.15, 0.2) is 36.9 Å². The van der Waals surface area contributed by atoms with Crippen LogP contribution in [0.2, 0.25) is 0 Å². The summed E-state index contributed by atoms with van der Waals surface area (Å²) in [7, 11) is 0. The first-order valence-electron chi connectivity index (χ1n) is 5.77. The number of hydrogen-bond acceptors (Lipinski definition) is 2. The van der Waals surface area contributed by atoms with Gasteiger partial charge in [-0.25, -0.2) is 4.79 Å². The smallest absolute Gasteiger partial charge is 0.344 e. The molecule has 92 valence electrons. The Morgan fingerprint density at radius 1 is 1.53 bits per heavy atom. The Balaban J connectivity index is 2.84. The zero-order chi connectivity index (χ0) is 12.7. The van der Waals surface area contributed by atoms with E-state index in [0.717, 1.165) is 12.0 Å². The number of benzene rings is 1. The van der Waals surface area contributed by atoms with Gasteiger partial charge < -0.3 is 9.84 Å². The number of carboxylic acids is 1. The van der Waals surface area contributed by atoms with Gasteiger partial charge in [-0.3, -0.25) is 0 Å². The molecule has 0 spiro atoms. The Morgan fingerprint density at radius 2 is 2.24 bits per heavy atom. The van der Waals surface area contributed by atoms with Crippen molar-refractivity contribution >= 4 is 5.97 Å². The van der Waals surface area contributed by atoms with E-state index in [4.69, 9.17) is 9.84 Å². The molecule has 1 aromatic carbocycles. The summed E-state index contributed by atoms with van der Waals surface area (Å²) in [5.74, 6) is -0.284. The van der Waals surface area contributed by atoms with Crippen LogP contribution in [0.1, 0.15) is 25.3 Å². The molecular weight excluding hydrogens is 216 g/mol. The van der Waals surface area contributed by atoms with Gasteiger partial charge in [0.2, 0.25) is 0 Å². The summed E-state index contributed by atoms with van der Waals surface area (Å²) in [5.41, 5.74) is 0.963. The maximum Gasteiger partial charge on any atom is 0.344 e. The molecule has 0 radical (unpaired) electrons. The summed E-state index contributed by atoms with van der Waals surface area (Å²) in [5, 5.41) is 9.04. The Bertz CT molecular complexity index is 385.